The highest BCUT2D eigenvalue weighted by atomic mass is 32.2. The molecule has 3 aromatic carbocycles. The van der Waals surface area contributed by atoms with Crippen molar-refractivity contribution in [3.05, 3.63) is 89.5 Å². The van der Waals surface area contributed by atoms with Gasteiger partial charge in [0.2, 0.25) is 0 Å². The minimum atomic E-state index is -3.69. The molecule has 0 atom stereocenters. The summed E-state index contributed by atoms with van der Waals surface area (Å²) in [4.78, 5) is 14.4. The number of rotatable bonds is 5. The van der Waals surface area contributed by atoms with E-state index in [-0.39, 0.29) is 10.8 Å². The van der Waals surface area contributed by atoms with Crippen LogP contribution >= 0.6 is 0 Å². The van der Waals surface area contributed by atoms with Crippen molar-refractivity contribution in [1.29, 1.82) is 0 Å². The molecule has 0 heterocycles. The van der Waals surface area contributed by atoms with E-state index < -0.39 is 10.0 Å². The third-order valence-corrected chi connectivity index (χ3v) is 6.00. The molecule has 0 saturated heterocycles. The summed E-state index contributed by atoms with van der Waals surface area (Å²) < 4.78 is 27.7. The summed E-state index contributed by atoms with van der Waals surface area (Å²) in [5, 5.41) is 0. The predicted molar refractivity (Wildman–Crippen MR) is 112 cm³/mol. The van der Waals surface area contributed by atoms with Gasteiger partial charge in [-0.1, -0.05) is 24.3 Å². The fourth-order valence-electron chi connectivity index (χ4n) is 2.74. The number of hydrogen-bond acceptors (Lipinski definition) is 3. The molecule has 0 bridgehead atoms. The van der Waals surface area contributed by atoms with E-state index in [2.05, 4.69) is 4.72 Å². The Morgan fingerprint density at radius 3 is 2.11 bits per heavy atom. The Bertz CT molecular complexity index is 1090. The average molecular weight is 394 g/mol. The van der Waals surface area contributed by atoms with E-state index >= 15 is 0 Å². The molecule has 28 heavy (non-hydrogen) atoms. The number of amides is 1. The SMILES string of the molecule is Cc1ccc(S(=O)(=O)Nc2ccc(C(=O)N(C)c3ccccc3)cc2)cc1C. The topological polar surface area (TPSA) is 66.5 Å². The van der Waals surface area contributed by atoms with Gasteiger partial charge in [-0.2, -0.15) is 0 Å². The van der Waals surface area contributed by atoms with Gasteiger partial charge in [0.05, 0.1) is 4.90 Å². The number of carbonyl (C=O) groups is 1. The summed E-state index contributed by atoms with van der Waals surface area (Å²) >= 11 is 0. The van der Waals surface area contributed by atoms with Gasteiger partial charge in [-0.25, -0.2) is 8.42 Å². The second kappa shape index (κ2) is 7.86. The van der Waals surface area contributed by atoms with Crippen LogP contribution in [-0.2, 0) is 10.0 Å². The molecule has 0 radical (unpaired) electrons. The minimum Gasteiger partial charge on any atom is -0.311 e. The van der Waals surface area contributed by atoms with Gasteiger partial charge in [0.15, 0.2) is 0 Å². The Hall–Kier alpha value is -3.12. The van der Waals surface area contributed by atoms with Gasteiger partial charge in [-0.3, -0.25) is 9.52 Å². The summed E-state index contributed by atoms with van der Waals surface area (Å²) in [6, 6.07) is 20.7. The zero-order valence-electron chi connectivity index (χ0n) is 16.0. The number of sulfonamides is 1. The number of nitrogens with zero attached hydrogens (tertiary/aromatic N) is 1. The Morgan fingerprint density at radius 1 is 0.857 bits per heavy atom. The molecule has 1 N–H and O–H groups in total. The highest BCUT2D eigenvalue weighted by Gasteiger charge is 2.16. The van der Waals surface area contributed by atoms with Crippen LogP contribution in [0.5, 0.6) is 0 Å². The Kier molecular flexibility index (Phi) is 5.51. The lowest BCUT2D eigenvalue weighted by Crippen LogP contribution is -2.26. The molecule has 1 amide bonds. The zero-order valence-corrected chi connectivity index (χ0v) is 16.8. The van der Waals surface area contributed by atoms with Crippen LogP contribution in [0, 0.1) is 13.8 Å². The summed E-state index contributed by atoms with van der Waals surface area (Å²) in [5.74, 6) is -0.172. The van der Waals surface area contributed by atoms with E-state index in [1.807, 2.05) is 44.2 Å². The van der Waals surface area contributed by atoms with Gasteiger partial charge in [-0.05, 0) is 73.5 Å². The highest BCUT2D eigenvalue weighted by molar-refractivity contribution is 7.92. The molecule has 0 fully saturated rings. The Balaban J connectivity index is 1.77. The lowest BCUT2D eigenvalue weighted by atomic mass is 10.1. The quantitative estimate of drug-likeness (QED) is 0.698. The fraction of sp³-hybridized carbons (Fsp3) is 0.136. The lowest BCUT2D eigenvalue weighted by molar-refractivity contribution is 0.0993. The minimum absolute atomic E-state index is 0.172. The lowest BCUT2D eigenvalue weighted by Gasteiger charge is -2.17. The van der Waals surface area contributed by atoms with Gasteiger partial charge in [0.25, 0.3) is 15.9 Å². The molecular weight excluding hydrogens is 372 g/mol. The maximum absolute atomic E-state index is 12.6. The van der Waals surface area contributed by atoms with Gasteiger partial charge in [-0.15, -0.1) is 0 Å². The molecular formula is C22H22N2O3S. The number of para-hydroxylation sites is 1. The van der Waals surface area contributed by atoms with Crippen LogP contribution in [0.4, 0.5) is 11.4 Å². The van der Waals surface area contributed by atoms with Gasteiger partial charge >= 0.3 is 0 Å². The second-order valence-electron chi connectivity index (χ2n) is 6.63. The molecule has 0 aliphatic heterocycles. The molecule has 0 aliphatic rings. The second-order valence-corrected chi connectivity index (χ2v) is 8.31. The molecule has 0 saturated carbocycles. The van der Waals surface area contributed by atoms with Crippen LogP contribution in [0.3, 0.4) is 0 Å². The number of anilines is 2. The summed E-state index contributed by atoms with van der Waals surface area (Å²) in [6.45, 7) is 3.80. The van der Waals surface area contributed by atoms with Crippen molar-refractivity contribution in [3.63, 3.8) is 0 Å². The van der Waals surface area contributed by atoms with Gasteiger partial charge in [0, 0.05) is 24.0 Å². The van der Waals surface area contributed by atoms with E-state index in [9.17, 15) is 13.2 Å². The first-order valence-electron chi connectivity index (χ1n) is 8.81. The van der Waals surface area contributed by atoms with Crippen molar-refractivity contribution in [3.8, 4) is 0 Å². The highest BCUT2D eigenvalue weighted by Crippen LogP contribution is 2.20. The van der Waals surface area contributed by atoms with Crippen molar-refractivity contribution in [2.45, 2.75) is 18.7 Å². The van der Waals surface area contributed by atoms with E-state index in [0.29, 0.717) is 11.3 Å². The third kappa shape index (κ3) is 4.23. The smallest absolute Gasteiger partial charge is 0.261 e. The van der Waals surface area contributed by atoms with E-state index in [1.54, 1.807) is 54.4 Å². The fourth-order valence-corrected chi connectivity index (χ4v) is 3.88. The molecule has 144 valence electrons. The van der Waals surface area contributed by atoms with Gasteiger partial charge < -0.3 is 4.90 Å². The normalized spacial score (nSPS) is 11.1. The number of aryl methyl sites for hydroxylation is 2. The van der Waals surface area contributed by atoms with E-state index in [0.717, 1.165) is 16.8 Å². The first-order valence-corrected chi connectivity index (χ1v) is 10.3. The average Bonchev–Trinajstić information content (AvgIpc) is 2.70. The van der Waals surface area contributed by atoms with Crippen LogP contribution in [-0.4, -0.2) is 21.4 Å². The molecule has 0 unspecified atom stereocenters. The van der Waals surface area contributed by atoms with Gasteiger partial charge in [0.1, 0.15) is 0 Å². The van der Waals surface area contributed by atoms with E-state index in [1.165, 1.54) is 0 Å². The van der Waals surface area contributed by atoms with Crippen molar-refractivity contribution in [2.24, 2.45) is 0 Å². The van der Waals surface area contributed by atoms with Crippen LogP contribution in [0.15, 0.2) is 77.7 Å². The summed E-state index contributed by atoms with van der Waals surface area (Å²) in [6.07, 6.45) is 0. The molecule has 3 rings (SSSR count). The molecule has 0 spiro atoms. The zero-order chi connectivity index (χ0) is 20.3. The summed E-state index contributed by atoms with van der Waals surface area (Å²) in [5.41, 5.74) is 3.60. The number of benzene rings is 3. The monoisotopic (exact) mass is 394 g/mol. The van der Waals surface area contributed by atoms with Crippen LogP contribution in [0.1, 0.15) is 21.5 Å². The van der Waals surface area contributed by atoms with Crippen molar-refractivity contribution in [1.82, 2.24) is 0 Å². The largest absolute Gasteiger partial charge is 0.311 e. The third-order valence-electron chi connectivity index (χ3n) is 4.62. The van der Waals surface area contributed by atoms with Crippen molar-refractivity contribution in [2.75, 3.05) is 16.7 Å². The van der Waals surface area contributed by atoms with Crippen LogP contribution in [0.25, 0.3) is 0 Å². The Labute approximate surface area is 165 Å². The number of carbonyl (C=O) groups excluding carboxylic acids is 1. The maximum atomic E-state index is 12.6. The standard InChI is InChI=1S/C22H22N2O3S/c1-16-9-14-21(15-17(16)2)28(26,27)23-19-12-10-18(11-13-19)22(25)24(3)20-7-5-4-6-8-20/h4-15,23H,1-3H3. The molecule has 5 nitrogen and oxygen atoms in total. The number of hydrogen-bond donors (Lipinski definition) is 1. The van der Waals surface area contributed by atoms with Crippen LogP contribution in [0.2, 0.25) is 0 Å². The molecule has 6 heteroatoms. The molecule has 0 aliphatic carbocycles. The Morgan fingerprint density at radius 2 is 1.50 bits per heavy atom. The van der Waals surface area contributed by atoms with Crippen LogP contribution < -0.4 is 9.62 Å². The first kappa shape index (κ1) is 19.6. The van der Waals surface area contributed by atoms with Crippen molar-refractivity contribution >= 4 is 27.3 Å². The predicted octanol–water partition coefficient (Wildman–Crippen LogP) is 4.38. The molecule has 0 aromatic heterocycles. The summed E-state index contributed by atoms with van der Waals surface area (Å²) in [7, 11) is -1.99. The maximum Gasteiger partial charge on any atom is 0.261 e. The van der Waals surface area contributed by atoms with Crippen molar-refractivity contribution < 1.29 is 13.2 Å². The number of nitrogens with one attached hydrogen (secondary N) is 1. The van der Waals surface area contributed by atoms with E-state index in [4.69, 9.17) is 0 Å². The molecule has 3 aromatic rings. The first-order chi connectivity index (χ1) is 13.3.